The highest BCUT2D eigenvalue weighted by atomic mass is 16.7. The number of methoxy groups -OCH3 is 1. The maximum Gasteiger partial charge on any atom is 0.408 e. The molecule has 0 radical (unpaired) electrons. The molecule has 0 aromatic heterocycles. The van der Waals surface area contributed by atoms with Crippen LogP contribution in [-0.2, 0) is 38.1 Å². The summed E-state index contributed by atoms with van der Waals surface area (Å²) in [6, 6.07) is -1.00. The van der Waals surface area contributed by atoms with E-state index in [1.807, 2.05) is 32.8 Å². The highest BCUT2D eigenvalue weighted by Crippen LogP contribution is 2.36. The Bertz CT molecular complexity index is 1030. The zero-order valence-corrected chi connectivity index (χ0v) is 28.8. The number of aliphatic hydroxyl groups is 1. The van der Waals surface area contributed by atoms with Crippen molar-refractivity contribution in [1.29, 1.82) is 0 Å². The first kappa shape index (κ1) is 37.5. The average Bonchev–Trinajstić information content (AvgIpc) is 3.30. The minimum Gasteiger partial charge on any atom is -0.461 e. The lowest BCUT2D eigenvalue weighted by molar-refractivity contribution is -0.303. The number of Topliss-reactive ketones (excluding diaryl/α,β-unsaturated/α-hetero) is 1. The van der Waals surface area contributed by atoms with Gasteiger partial charge >= 0.3 is 12.1 Å². The molecule has 1 amide bonds. The minimum atomic E-state index is -1.15. The Balaban J connectivity index is 1.98. The van der Waals surface area contributed by atoms with Crippen molar-refractivity contribution >= 4 is 17.8 Å². The molecule has 0 bridgehead atoms. The second kappa shape index (κ2) is 15.3. The van der Waals surface area contributed by atoms with E-state index >= 15 is 0 Å². The highest BCUT2D eigenvalue weighted by Gasteiger charge is 2.51. The van der Waals surface area contributed by atoms with Crippen LogP contribution in [0, 0.1) is 17.8 Å². The Morgan fingerprint density at radius 1 is 1.07 bits per heavy atom. The van der Waals surface area contributed by atoms with Crippen LogP contribution in [0.4, 0.5) is 4.79 Å². The second-order valence-corrected chi connectivity index (χ2v) is 13.8. The van der Waals surface area contributed by atoms with Crippen LogP contribution in [0.15, 0.2) is 0 Å². The number of hydrogen-bond donors (Lipinski definition) is 3. The predicted octanol–water partition coefficient (Wildman–Crippen LogP) is 0.946. The number of aliphatic hydroxyl groups excluding tert-OH is 1. The SMILES string of the molecule is CON(C)CC1CC(N(C)C)C(O)C(O[C@@H]2[C@@H](C)C(=O)C(C)C(=O)OC[C@@]3(C)OC(=O)N[C@@H]3[C@@H](C)NC[C@H](C)C[C@@]2(C)OC)O1. The summed E-state index contributed by atoms with van der Waals surface area (Å²) in [5, 5.41) is 19.4. The molecule has 3 fully saturated rings. The van der Waals surface area contributed by atoms with E-state index in [0.717, 1.165) is 0 Å². The van der Waals surface area contributed by atoms with E-state index in [4.69, 9.17) is 28.5 Å². The minimum absolute atomic E-state index is 0.0188. The number of amides is 1. The third-order valence-corrected chi connectivity index (χ3v) is 9.77. The lowest BCUT2D eigenvalue weighted by atomic mass is 9.78. The highest BCUT2D eigenvalue weighted by molar-refractivity contribution is 6.00. The van der Waals surface area contributed by atoms with Crippen LogP contribution in [0.2, 0.25) is 0 Å². The summed E-state index contributed by atoms with van der Waals surface area (Å²) in [5.74, 6) is -3.12. The number of alkyl carbamates (subject to hydrolysis) is 1. The molecule has 3 heterocycles. The van der Waals surface area contributed by atoms with Gasteiger partial charge in [0.25, 0.3) is 0 Å². The summed E-state index contributed by atoms with van der Waals surface area (Å²) in [4.78, 5) is 46.7. The molecule has 0 aliphatic carbocycles. The van der Waals surface area contributed by atoms with Gasteiger partial charge in [-0.2, -0.15) is 5.06 Å². The Hall–Kier alpha value is -1.91. The number of nitrogens with zero attached hydrogens (tertiary/aromatic N) is 2. The second-order valence-electron chi connectivity index (χ2n) is 13.8. The topological polar surface area (TPSA) is 157 Å². The molecule has 0 aromatic carbocycles. The average molecular weight is 645 g/mol. The van der Waals surface area contributed by atoms with E-state index in [9.17, 15) is 19.5 Å². The van der Waals surface area contributed by atoms with Gasteiger partial charge in [-0.05, 0) is 67.1 Å². The van der Waals surface area contributed by atoms with Crippen molar-refractivity contribution in [3.8, 4) is 0 Å². The van der Waals surface area contributed by atoms with E-state index in [1.165, 1.54) is 6.92 Å². The van der Waals surface area contributed by atoms with Crippen LogP contribution in [0.5, 0.6) is 0 Å². The maximum absolute atomic E-state index is 14.0. The summed E-state index contributed by atoms with van der Waals surface area (Å²) in [6.45, 7) is 11.5. The van der Waals surface area contributed by atoms with Crippen molar-refractivity contribution in [2.45, 2.75) is 108 Å². The van der Waals surface area contributed by atoms with Gasteiger partial charge in [0.2, 0.25) is 0 Å². The summed E-state index contributed by atoms with van der Waals surface area (Å²) >= 11 is 0. The molecule has 3 rings (SSSR count). The zero-order chi connectivity index (χ0) is 33.9. The van der Waals surface area contributed by atoms with Gasteiger partial charge in [-0.25, -0.2) is 4.79 Å². The van der Waals surface area contributed by atoms with Crippen LogP contribution < -0.4 is 10.6 Å². The first-order valence-corrected chi connectivity index (χ1v) is 15.8. The van der Waals surface area contributed by atoms with Gasteiger partial charge in [0.1, 0.15) is 18.6 Å². The molecule has 3 saturated heterocycles. The van der Waals surface area contributed by atoms with Crippen molar-refractivity contribution < 1.29 is 48.0 Å². The van der Waals surface area contributed by atoms with Gasteiger partial charge in [-0.1, -0.05) is 13.8 Å². The monoisotopic (exact) mass is 644 g/mol. The Morgan fingerprint density at radius 3 is 2.33 bits per heavy atom. The molecular weight excluding hydrogens is 588 g/mol. The van der Waals surface area contributed by atoms with Crippen LogP contribution in [-0.4, -0.2) is 142 Å². The normalized spacial score (nSPS) is 42.4. The number of likely N-dealkylation sites (N-methyl/N-ethyl adjacent to an activating group) is 2. The number of cyclic esters (lactones) is 1. The number of carbonyl (C=O) groups is 3. The zero-order valence-electron chi connectivity index (χ0n) is 28.8. The number of nitrogens with one attached hydrogen (secondary N) is 2. The van der Waals surface area contributed by atoms with Crippen LogP contribution in [0.3, 0.4) is 0 Å². The molecule has 0 saturated carbocycles. The first-order valence-electron chi connectivity index (χ1n) is 15.8. The number of hydrogen-bond acceptors (Lipinski definition) is 13. The molecule has 5 unspecified atom stereocenters. The molecule has 45 heavy (non-hydrogen) atoms. The molecule has 14 heteroatoms. The molecule has 12 atom stereocenters. The van der Waals surface area contributed by atoms with Crippen LogP contribution in [0.1, 0.15) is 54.4 Å². The lowest BCUT2D eigenvalue weighted by Crippen LogP contribution is -2.60. The molecule has 3 aliphatic rings. The molecule has 260 valence electrons. The first-order chi connectivity index (χ1) is 21.0. The van der Waals surface area contributed by atoms with Crippen molar-refractivity contribution in [2.24, 2.45) is 17.8 Å². The number of fused-ring (bicyclic) bond motifs is 1. The van der Waals surface area contributed by atoms with E-state index < -0.39 is 65.4 Å². The fourth-order valence-electron chi connectivity index (χ4n) is 6.90. The molecule has 3 N–H and O–H groups in total. The summed E-state index contributed by atoms with van der Waals surface area (Å²) in [5.41, 5.74) is -2.16. The summed E-state index contributed by atoms with van der Waals surface area (Å²) < 4.78 is 30.2. The number of hydroxylamine groups is 2. The van der Waals surface area contributed by atoms with Crippen molar-refractivity contribution in [3.63, 3.8) is 0 Å². The number of esters is 1. The Morgan fingerprint density at radius 2 is 1.73 bits per heavy atom. The maximum atomic E-state index is 14.0. The molecule has 3 aliphatic heterocycles. The molecule has 0 spiro atoms. The van der Waals surface area contributed by atoms with Gasteiger partial charge in [-0.15, -0.1) is 0 Å². The van der Waals surface area contributed by atoms with E-state index in [0.29, 0.717) is 25.9 Å². The molecule has 14 nitrogen and oxygen atoms in total. The summed E-state index contributed by atoms with van der Waals surface area (Å²) in [7, 11) is 8.70. The summed E-state index contributed by atoms with van der Waals surface area (Å²) in [6.07, 6.45) is -2.95. The smallest absolute Gasteiger partial charge is 0.408 e. The predicted molar refractivity (Wildman–Crippen MR) is 164 cm³/mol. The fraction of sp³-hybridized carbons (Fsp3) is 0.903. The third kappa shape index (κ3) is 8.72. The number of rotatable bonds is 7. The Kier molecular flexibility index (Phi) is 12.8. The standard InChI is InChI=1S/C31H56N4O10/c1-17-13-30(5,40-10)26(44-28-24(37)22(34(7)8)12-21(43-28)15-35(9)41-11)18(2)23(36)19(3)27(38)42-16-31(6)25(20(4)32-14-17)33-29(39)45-31/h17-22,24-26,28,32,37H,12-16H2,1-11H3,(H,33,39)/t17-,18+,19?,20-,21?,22?,24?,25-,26-,28?,30-,31-/m1/s1. The van der Waals surface area contributed by atoms with Gasteiger partial charge < -0.3 is 49.2 Å². The Labute approximate surface area is 267 Å². The van der Waals surface area contributed by atoms with Crippen molar-refractivity contribution in [1.82, 2.24) is 20.6 Å². The molecular formula is C31H56N4O10. The number of ketones is 1. The third-order valence-electron chi connectivity index (χ3n) is 9.77. The number of carbonyl (C=O) groups excluding carboxylic acids is 3. The van der Waals surface area contributed by atoms with E-state index in [1.54, 1.807) is 40.2 Å². The van der Waals surface area contributed by atoms with E-state index in [-0.39, 0.29) is 30.7 Å². The van der Waals surface area contributed by atoms with Gasteiger partial charge in [-0.3, -0.25) is 9.59 Å². The van der Waals surface area contributed by atoms with Crippen molar-refractivity contribution in [3.05, 3.63) is 0 Å². The van der Waals surface area contributed by atoms with Crippen LogP contribution >= 0.6 is 0 Å². The van der Waals surface area contributed by atoms with Gasteiger partial charge in [0.05, 0.1) is 37.5 Å². The molecule has 0 aromatic rings. The quantitative estimate of drug-likeness (QED) is 0.205. The van der Waals surface area contributed by atoms with Gasteiger partial charge in [0, 0.05) is 32.2 Å². The number of ether oxygens (including phenoxy) is 5. The fourth-order valence-corrected chi connectivity index (χ4v) is 6.90. The van der Waals surface area contributed by atoms with E-state index in [2.05, 4.69) is 17.6 Å². The van der Waals surface area contributed by atoms with Gasteiger partial charge in [0.15, 0.2) is 17.7 Å². The lowest BCUT2D eigenvalue weighted by Gasteiger charge is -2.47. The largest absolute Gasteiger partial charge is 0.461 e. The van der Waals surface area contributed by atoms with Crippen molar-refractivity contribution in [2.75, 3.05) is 55.1 Å². The van der Waals surface area contributed by atoms with Crippen LogP contribution in [0.25, 0.3) is 0 Å².